The van der Waals surface area contributed by atoms with Crippen LogP contribution in [0.2, 0.25) is 0 Å². The smallest absolute Gasteiger partial charge is 0.416 e. The van der Waals surface area contributed by atoms with Crippen LogP contribution in [0.3, 0.4) is 0 Å². The highest BCUT2D eigenvalue weighted by Crippen LogP contribution is 2.31. The van der Waals surface area contributed by atoms with Gasteiger partial charge in [-0.1, -0.05) is 0 Å². The predicted molar refractivity (Wildman–Crippen MR) is 67.1 cm³/mol. The van der Waals surface area contributed by atoms with Crippen molar-refractivity contribution in [2.45, 2.75) is 19.6 Å². The first-order valence-electron chi connectivity index (χ1n) is 5.81. The zero-order chi connectivity index (χ0) is 14.9. The quantitative estimate of drug-likeness (QED) is 0.881. The van der Waals surface area contributed by atoms with Crippen LogP contribution in [0, 0.1) is 0 Å². The summed E-state index contributed by atoms with van der Waals surface area (Å²) < 4.78 is 39.6. The van der Waals surface area contributed by atoms with E-state index in [0.29, 0.717) is 23.4 Å². The number of halogens is 3. The van der Waals surface area contributed by atoms with Crippen LogP contribution >= 0.6 is 0 Å². The van der Waals surface area contributed by atoms with Crippen LogP contribution in [-0.2, 0) is 17.5 Å². The minimum absolute atomic E-state index is 0.309. The average Bonchev–Trinajstić information content (AvgIpc) is 2.71. The summed E-state index contributed by atoms with van der Waals surface area (Å²) in [5.41, 5.74) is -0.0365. The number of rotatable bonds is 3. The first-order valence-corrected chi connectivity index (χ1v) is 5.81. The molecule has 20 heavy (non-hydrogen) atoms. The number of imidazole rings is 1. The van der Waals surface area contributed by atoms with Crippen molar-refractivity contribution < 1.29 is 23.1 Å². The number of aliphatic carboxylic acids is 1. The second-order valence-electron chi connectivity index (χ2n) is 4.09. The number of hydrogen-bond donors (Lipinski definition) is 1. The average molecular weight is 284 g/mol. The molecule has 0 amide bonds. The molecular formula is C13H11F3N2O2. The van der Waals surface area contributed by atoms with E-state index in [2.05, 4.69) is 4.98 Å². The molecule has 0 radical (unpaired) electrons. The summed E-state index contributed by atoms with van der Waals surface area (Å²) in [6, 6.07) is 3.26. The third kappa shape index (κ3) is 2.66. The summed E-state index contributed by atoms with van der Waals surface area (Å²) in [4.78, 5) is 14.6. The van der Waals surface area contributed by atoms with Gasteiger partial charge in [0.25, 0.3) is 0 Å². The zero-order valence-corrected chi connectivity index (χ0v) is 10.5. The maximum absolute atomic E-state index is 12.7. The summed E-state index contributed by atoms with van der Waals surface area (Å²) >= 11 is 0. The van der Waals surface area contributed by atoms with Gasteiger partial charge in [-0.3, -0.25) is 0 Å². The molecule has 0 saturated heterocycles. The summed E-state index contributed by atoms with van der Waals surface area (Å²) in [6.07, 6.45) is -2.26. The molecule has 1 heterocycles. The van der Waals surface area contributed by atoms with Crippen LogP contribution in [0.15, 0.2) is 24.3 Å². The molecule has 0 spiro atoms. The number of carboxylic acid groups (broad SMARTS) is 1. The van der Waals surface area contributed by atoms with Gasteiger partial charge < -0.3 is 9.67 Å². The number of benzene rings is 1. The molecule has 0 aliphatic heterocycles. The molecule has 0 atom stereocenters. The Kier molecular flexibility index (Phi) is 3.52. The van der Waals surface area contributed by atoms with Gasteiger partial charge in [0.1, 0.15) is 5.82 Å². The molecule has 0 bridgehead atoms. The van der Waals surface area contributed by atoms with E-state index in [-0.39, 0.29) is 0 Å². The highest BCUT2D eigenvalue weighted by Gasteiger charge is 2.31. The molecule has 0 fully saturated rings. The van der Waals surface area contributed by atoms with Crippen LogP contribution in [0.1, 0.15) is 18.3 Å². The molecule has 0 unspecified atom stereocenters. The fraction of sp³-hybridized carbons (Fsp3) is 0.231. The van der Waals surface area contributed by atoms with Crippen molar-refractivity contribution in [2.24, 2.45) is 0 Å². The third-order valence-electron chi connectivity index (χ3n) is 2.80. The van der Waals surface area contributed by atoms with Crippen LogP contribution in [0.4, 0.5) is 13.2 Å². The number of aromatic nitrogens is 2. The maximum atomic E-state index is 12.7. The van der Waals surface area contributed by atoms with E-state index in [1.165, 1.54) is 16.7 Å². The van der Waals surface area contributed by atoms with Crippen molar-refractivity contribution in [1.82, 2.24) is 9.55 Å². The lowest BCUT2D eigenvalue weighted by atomic mass is 10.2. The first kappa shape index (κ1) is 14.1. The van der Waals surface area contributed by atoms with Crippen molar-refractivity contribution in [3.8, 4) is 0 Å². The fourth-order valence-electron chi connectivity index (χ4n) is 1.92. The maximum Gasteiger partial charge on any atom is 0.416 e. The number of carboxylic acids is 1. The number of aryl methyl sites for hydroxylation is 1. The predicted octanol–water partition coefficient (Wildman–Crippen LogP) is 3.17. The Morgan fingerprint density at radius 1 is 1.45 bits per heavy atom. The second kappa shape index (κ2) is 4.99. The molecule has 106 valence electrons. The van der Waals surface area contributed by atoms with Crippen molar-refractivity contribution >= 4 is 23.1 Å². The van der Waals surface area contributed by atoms with Gasteiger partial charge in [0.05, 0.1) is 16.6 Å². The van der Waals surface area contributed by atoms with E-state index >= 15 is 0 Å². The van der Waals surface area contributed by atoms with Gasteiger partial charge in [0, 0.05) is 12.6 Å². The molecule has 7 heteroatoms. The molecule has 0 aliphatic carbocycles. The number of carbonyl (C=O) groups is 1. The van der Waals surface area contributed by atoms with E-state index < -0.39 is 17.7 Å². The number of alkyl halides is 3. The molecule has 4 nitrogen and oxygen atoms in total. The van der Waals surface area contributed by atoms with E-state index in [4.69, 9.17) is 5.11 Å². The van der Waals surface area contributed by atoms with Crippen molar-refractivity contribution in [2.75, 3.05) is 0 Å². The molecule has 0 saturated carbocycles. The molecular weight excluding hydrogens is 273 g/mol. The highest BCUT2D eigenvalue weighted by atomic mass is 19.4. The van der Waals surface area contributed by atoms with E-state index in [0.717, 1.165) is 18.2 Å². The van der Waals surface area contributed by atoms with Gasteiger partial charge in [-0.2, -0.15) is 13.2 Å². The van der Waals surface area contributed by atoms with Gasteiger partial charge >= 0.3 is 12.1 Å². The number of nitrogens with zero attached hydrogens (tertiary/aromatic N) is 2. The highest BCUT2D eigenvalue weighted by molar-refractivity contribution is 5.86. The Labute approximate surface area is 112 Å². The van der Waals surface area contributed by atoms with Crippen molar-refractivity contribution in [3.63, 3.8) is 0 Å². The third-order valence-corrected chi connectivity index (χ3v) is 2.80. The molecule has 1 aromatic heterocycles. The van der Waals surface area contributed by atoms with Crippen molar-refractivity contribution in [1.29, 1.82) is 0 Å². The van der Waals surface area contributed by atoms with Gasteiger partial charge in [0.15, 0.2) is 0 Å². The van der Waals surface area contributed by atoms with Gasteiger partial charge in [0.2, 0.25) is 0 Å². The fourth-order valence-corrected chi connectivity index (χ4v) is 1.92. The Morgan fingerprint density at radius 3 is 2.70 bits per heavy atom. The molecule has 2 rings (SSSR count). The Balaban J connectivity index is 2.61. The van der Waals surface area contributed by atoms with Gasteiger partial charge in [-0.05, 0) is 31.2 Å². The van der Waals surface area contributed by atoms with Crippen LogP contribution in [0.25, 0.3) is 17.1 Å². The lowest BCUT2D eigenvalue weighted by Gasteiger charge is -2.07. The second-order valence-corrected chi connectivity index (χ2v) is 4.09. The minimum Gasteiger partial charge on any atom is -0.478 e. The Hall–Kier alpha value is -2.31. The molecule has 1 aromatic carbocycles. The zero-order valence-electron chi connectivity index (χ0n) is 10.5. The standard InChI is InChI=1S/C13H11F3N2O2/c1-2-18-10-7-8(13(14,15)16)3-4-9(10)17-11(18)5-6-12(19)20/h3-7H,2H2,1H3,(H,19,20)/b6-5+. The topological polar surface area (TPSA) is 55.1 Å². The van der Waals surface area contributed by atoms with Gasteiger partial charge in [-0.25, -0.2) is 9.78 Å². The van der Waals surface area contributed by atoms with E-state index in [9.17, 15) is 18.0 Å². The molecule has 2 aromatic rings. The largest absolute Gasteiger partial charge is 0.478 e. The van der Waals surface area contributed by atoms with Gasteiger partial charge in [-0.15, -0.1) is 0 Å². The van der Waals surface area contributed by atoms with Crippen LogP contribution < -0.4 is 0 Å². The van der Waals surface area contributed by atoms with E-state index in [1.54, 1.807) is 6.92 Å². The Bertz CT molecular complexity index is 687. The SMILES string of the molecule is CCn1c(/C=C/C(=O)O)nc2ccc(C(F)(F)F)cc21. The lowest BCUT2D eigenvalue weighted by molar-refractivity contribution is -0.137. The summed E-state index contributed by atoms with van der Waals surface area (Å²) in [7, 11) is 0. The molecule has 0 aliphatic rings. The monoisotopic (exact) mass is 284 g/mol. The normalized spacial score (nSPS) is 12.4. The summed E-state index contributed by atoms with van der Waals surface area (Å²) in [6.45, 7) is 2.14. The lowest BCUT2D eigenvalue weighted by Crippen LogP contribution is -2.05. The first-order chi connectivity index (χ1) is 9.32. The minimum atomic E-state index is -4.42. The number of fused-ring (bicyclic) bond motifs is 1. The Morgan fingerprint density at radius 2 is 2.15 bits per heavy atom. The summed E-state index contributed by atoms with van der Waals surface area (Å²) in [5, 5.41) is 8.59. The van der Waals surface area contributed by atoms with Crippen LogP contribution in [-0.4, -0.2) is 20.6 Å². The molecule has 1 N–H and O–H groups in total. The number of hydrogen-bond acceptors (Lipinski definition) is 2. The summed E-state index contributed by atoms with van der Waals surface area (Å²) in [5.74, 6) is -0.833. The van der Waals surface area contributed by atoms with Crippen molar-refractivity contribution in [3.05, 3.63) is 35.7 Å². The van der Waals surface area contributed by atoms with E-state index in [1.807, 2.05) is 0 Å². The van der Waals surface area contributed by atoms with Crippen LogP contribution in [0.5, 0.6) is 0 Å².